The molecule has 1 saturated heterocycles. The minimum Gasteiger partial charge on any atom is -0.480 e. The van der Waals surface area contributed by atoms with Crippen LogP contribution in [0.1, 0.15) is 46.0 Å². The van der Waals surface area contributed by atoms with Crippen LogP contribution in [0.15, 0.2) is 0 Å². The van der Waals surface area contributed by atoms with Gasteiger partial charge in [-0.2, -0.15) is 0 Å². The largest absolute Gasteiger partial charge is 0.480 e. The molecule has 2 atom stereocenters. The van der Waals surface area contributed by atoms with Crippen LogP contribution in [-0.2, 0) is 4.79 Å². The zero-order valence-corrected chi connectivity index (χ0v) is 13.6. The van der Waals surface area contributed by atoms with E-state index in [2.05, 4.69) is 29.0 Å². The number of likely N-dealkylation sites (N-methyl/N-ethyl adjacent to an activating group) is 1. The summed E-state index contributed by atoms with van der Waals surface area (Å²) in [4.78, 5) is 16.8. The Bertz CT molecular complexity index is 342. The van der Waals surface area contributed by atoms with Gasteiger partial charge < -0.3 is 15.3 Å². The van der Waals surface area contributed by atoms with Gasteiger partial charge in [0.25, 0.3) is 0 Å². The summed E-state index contributed by atoms with van der Waals surface area (Å²) in [5.74, 6) is -0.659. The first kappa shape index (κ1) is 16.7. The fraction of sp³-hybridized carbons (Fsp3) is 0.938. The highest BCUT2D eigenvalue weighted by molar-refractivity contribution is 5.79. The van der Waals surface area contributed by atoms with Crippen LogP contribution in [0.5, 0.6) is 0 Å². The first-order valence-electron chi connectivity index (χ1n) is 8.56. The molecule has 2 fully saturated rings. The predicted octanol–water partition coefficient (Wildman–Crippen LogP) is 1.39. The van der Waals surface area contributed by atoms with E-state index in [1.165, 1.54) is 0 Å². The van der Waals surface area contributed by atoms with E-state index in [4.69, 9.17) is 0 Å². The highest BCUT2D eigenvalue weighted by Gasteiger charge is 2.44. The Morgan fingerprint density at radius 2 is 2.00 bits per heavy atom. The lowest BCUT2D eigenvalue weighted by atomic mass is 9.78. The quantitative estimate of drug-likeness (QED) is 0.776. The SMILES string of the molecule is CCCNC1(C(=O)O)CCCC(N2CCN(CC)CC2)C1. The second kappa shape index (κ2) is 7.56. The van der Waals surface area contributed by atoms with Crippen molar-refractivity contribution in [1.29, 1.82) is 0 Å². The van der Waals surface area contributed by atoms with Crippen molar-refractivity contribution < 1.29 is 9.90 Å². The van der Waals surface area contributed by atoms with E-state index in [0.717, 1.165) is 71.4 Å². The molecule has 2 aliphatic rings. The molecule has 0 radical (unpaired) electrons. The van der Waals surface area contributed by atoms with Crippen molar-refractivity contribution in [2.75, 3.05) is 39.3 Å². The van der Waals surface area contributed by atoms with Crippen LogP contribution in [0.4, 0.5) is 0 Å². The monoisotopic (exact) mass is 297 g/mol. The molecule has 0 spiro atoms. The summed E-state index contributed by atoms with van der Waals surface area (Å²) in [6.45, 7) is 10.6. The zero-order valence-electron chi connectivity index (χ0n) is 13.6. The summed E-state index contributed by atoms with van der Waals surface area (Å²) >= 11 is 0. The van der Waals surface area contributed by atoms with Gasteiger partial charge in [0.15, 0.2) is 0 Å². The minimum atomic E-state index is -0.694. The predicted molar refractivity (Wildman–Crippen MR) is 84.6 cm³/mol. The van der Waals surface area contributed by atoms with E-state index in [-0.39, 0.29) is 0 Å². The Balaban J connectivity index is 1.97. The van der Waals surface area contributed by atoms with Gasteiger partial charge in [-0.15, -0.1) is 0 Å². The Labute approximate surface area is 128 Å². The molecule has 0 bridgehead atoms. The number of nitrogens with one attached hydrogen (secondary N) is 1. The third-order valence-electron chi connectivity index (χ3n) is 5.22. The van der Waals surface area contributed by atoms with Crippen molar-refractivity contribution in [3.05, 3.63) is 0 Å². The van der Waals surface area contributed by atoms with Gasteiger partial charge >= 0.3 is 5.97 Å². The number of aliphatic carboxylic acids is 1. The molecule has 2 N–H and O–H groups in total. The van der Waals surface area contributed by atoms with E-state index in [1.807, 2.05) is 0 Å². The number of piperazine rings is 1. The van der Waals surface area contributed by atoms with Crippen molar-refractivity contribution >= 4 is 5.97 Å². The summed E-state index contributed by atoms with van der Waals surface area (Å²) < 4.78 is 0. The standard InChI is InChI=1S/C16H31N3O2/c1-3-8-17-16(15(20)21)7-5-6-14(13-16)19-11-9-18(4-2)10-12-19/h14,17H,3-13H2,1-2H3,(H,20,21). The van der Waals surface area contributed by atoms with E-state index < -0.39 is 11.5 Å². The molecule has 2 unspecified atom stereocenters. The molecule has 21 heavy (non-hydrogen) atoms. The fourth-order valence-electron chi connectivity index (χ4n) is 3.80. The summed E-state index contributed by atoms with van der Waals surface area (Å²) in [6, 6.07) is 0.429. The lowest BCUT2D eigenvalue weighted by Gasteiger charge is -2.45. The van der Waals surface area contributed by atoms with Gasteiger partial charge in [-0.05, 0) is 45.2 Å². The van der Waals surface area contributed by atoms with Crippen LogP contribution in [-0.4, -0.2) is 71.7 Å². The number of hydrogen-bond donors (Lipinski definition) is 2. The van der Waals surface area contributed by atoms with Gasteiger partial charge in [-0.1, -0.05) is 13.8 Å². The number of hydrogen-bond acceptors (Lipinski definition) is 4. The van der Waals surface area contributed by atoms with Crippen molar-refractivity contribution in [3.63, 3.8) is 0 Å². The average molecular weight is 297 g/mol. The maximum atomic E-state index is 11.8. The van der Waals surface area contributed by atoms with Crippen LogP contribution in [0.2, 0.25) is 0 Å². The van der Waals surface area contributed by atoms with Gasteiger partial charge in [0.2, 0.25) is 0 Å². The number of carboxylic acids is 1. The molecule has 0 aromatic heterocycles. The molecule has 1 aliphatic carbocycles. The molecule has 5 heteroatoms. The second-order valence-electron chi connectivity index (χ2n) is 6.53. The van der Waals surface area contributed by atoms with Crippen LogP contribution in [0.25, 0.3) is 0 Å². The Kier molecular flexibility index (Phi) is 6.02. The van der Waals surface area contributed by atoms with Gasteiger partial charge in [0, 0.05) is 32.2 Å². The van der Waals surface area contributed by atoms with Crippen molar-refractivity contribution in [3.8, 4) is 0 Å². The Morgan fingerprint density at radius 3 is 2.57 bits per heavy atom. The van der Waals surface area contributed by atoms with Crippen LogP contribution < -0.4 is 5.32 Å². The molecule has 122 valence electrons. The molecule has 1 heterocycles. The van der Waals surface area contributed by atoms with Gasteiger partial charge in [-0.25, -0.2) is 0 Å². The molecular formula is C16H31N3O2. The summed E-state index contributed by atoms with van der Waals surface area (Å²) in [7, 11) is 0. The molecule has 0 amide bonds. The van der Waals surface area contributed by atoms with Gasteiger partial charge in [0.05, 0.1) is 0 Å². The lowest BCUT2D eigenvalue weighted by Crippen LogP contribution is -2.60. The molecule has 5 nitrogen and oxygen atoms in total. The molecule has 0 aromatic rings. The average Bonchev–Trinajstić information content (AvgIpc) is 2.53. The highest BCUT2D eigenvalue weighted by atomic mass is 16.4. The zero-order chi connectivity index (χ0) is 15.3. The van der Waals surface area contributed by atoms with Crippen molar-refractivity contribution in [2.24, 2.45) is 0 Å². The topological polar surface area (TPSA) is 55.8 Å². The van der Waals surface area contributed by atoms with Crippen LogP contribution in [0, 0.1) is 0 Å². The molecule has 0 aromatic carbocycles. The normalized spacial score (nSPS) is 32.2. The van der Waals surface area contributed by atoms with Crippen LogP contribution >= 0.6 is 0 Å². The number of carboxylic acid groups (broad SMARTS) is 1. The summed E-state index contributed by atoms with van der Waals surface area (Å²) in [6.07, 6.45) is 4.67. The summed E-state index contributed by atoms with van der Waals surface area (Å²) in [5.41, 5.74) is -0.694. The van der Waals surface area contributed by atoms with Crippen LogP contribution in [0.3, 0.4) is 0 Å². The maximum Gasteiger partial charge on any atom is 0.323 e. The van der Waals surface area contributed by atoms with E-state index in [9.17, 15) is 9.90 Å². The van der Waals surface area contributed by atoms with E-state index in [0.29, 0.717) is 6.04 Å². The van der Waals surface area contributed by atoms with E-state index >= 15 is 0 Å². The van der Waals surface area contributed by atoms with Crippen molar-refractivity contribution in [1.82, 2.24) is 15.1 Å². The number of carbonyl (C=O) groups is 1. The number of rotatable bonds is 6. The third-order valence-corrected chi connectivity index (χ3v) is 5.22. The van der Waals surface area contributed by atoms with Crippen molar-refractivity contribution in [2.45, 2.75) is 57.5 Å². The lowest BCUT2D eigenvalue weighted by molar-refractivity contribution is -0.147. The third kappa shape index (κ3) is 3.96. The highest BCUT2D eigenvalue weighted by Crippen LogP contribution is 2.32. The molecule has 1 saturated carbocycles. The minimum absolute atomic E-state index is 0.429. The second-order valence-corrected chi connectivity index (χ2v) is 6.53. The fourth-order valence-corrected chi connectivity index (χ4v) is 3.80. The van der Waals surface area contributed by atoms with Gasteiger partial charge in [-0.3, -0.25) is 9.69 Å². The van der Waals surface area contributed by atoms with Gasteiger partial charge in [0.1, 0.15) is 5.54 Å². The molecular weight excluding hydrogens is 266 g/mol. The Hall–Kier alpha value is -0.650. The summed E-state index contributed by atoms with van der Waals surface area (Å²) in [5, 5.41) is 13.1. The van der Waals surface area contributed by atoms with E-state index in [1.54, 1.807) is 0 Å². The molecule has 2 rings (SSSR count). The molecule has 1 aliphatic heterocycles. The maximum absolute atomic E-state index is 11.8. The number of nitrogens with zero attached hydrogens (tertiary/aromatic N) is 2. The first-order valence-corrected chi connectivity index (χ1v) is 8.56. The Morgan fingerprint density at radius 1 is 1.29 bits per heavy atom. The smallest absolute Gasteiger partial charge is 0.323 e. The first-order chi connectivity index (χ1) is 10.1.